The van der Waals surface area contributed by atoms with E-state index in [1.54, 1.807) is 7.11 Å². The van der Waals surface area contributed by atoms with Crippen LogP contribution < -0.4 is 10.1 Å². The summed E-state index contributed by atoms with van der Waals surface area (Å²) < 4.78 is 11.1. The molecule has 124 valence electrons. The Labute approximate surface area is 142 Å². The van der Waals surface area contributed by atoms with Crippen LogP contribution in [0.2, 0.25) is 0 Å². The standard InChI is InChI=1S/C20H21NO3/c1-14-18(12-13-19(24-14)15-6-4-3-5-7-15)20(22)21-16-8-10-17(23-2)11-9-16/h3-14,18-19H,1-2H3,(H,21,22)/t14-,18-,19+/m0/s1. The lowest BCUT2D eigenvalue weighted by atomic mass is 9.96. The molecule has 24 heavy (non-hydrogen) atoms. The Morgan fingerprint density at radius 2 is 1.75 bits per heavy atom. The van der Waals surface area contributed by atoms with Crippen molar-refractivity contribution in [3.8, 4) is 5.75 Å². The fourth-order valence-electron chi connectivity index (χ4n) is 2.77. The Balaban J connectivity index is 1.67. The highest BCUT2D eigenvalue weighted by Gasteiger charge is 2.29. The van der Waals surface area contributed by atoms with E-state index < -0.39 is 0 Å². The van der Waals surface area contributed by atoms with Crippen molar-refractivity contribution >= 4 is 11.6 Å². The first-order valence-electron chi connectivity index (χ1n) is 8.01. The van der Waals surface area contributed by atoms with E-state index in [1.165, 1.54) is 0 Å². The van der Waals surface area contributed by atoms with Crippen LogP contribution in [0, 0.1) is 5.92 Å². The maximum Gasteiger partial charge on any atom is 0.233 e. The fraction of sp³-hybridized carbons (Fsp3) is 0.250. The zero-order valence-electron chi connectivity index (χ0n) is 13.8. The quantitative estimate of drug-likeness (QED) is 0.866. The first kappa shape index (κ1) is 16.3. The Morgan fingerprint density at radius 1 is 1.04 bits per heavy atom. The highest BCUT2D eigenvalue weighted by Crippen LogP contribution is 2.29. The highest BCUT2D eigenvalue weighted by atomic mass is 16.5. The summed E-state index contributed by atoms with van der Waals surface area (Å²) in [6, 6.07) is 17.3. The molecule has 4 heteroatoms. The van der Waals surface area contributed by atoms with E-state index in [1.807, 2.05) is 73.7 Å². The van der Waals surface area contributed by atoms with Crippen LogP contribution in [0.3, 0.4) is 0 Å². The summed E-state index contributed by atoms with van der Waals surface area (Å²) in [5.41, 5.74) is 1.83. The van der Waals surface area contributed by atoms with Gasteiger partial charge >= 0.3 is 0 Å². The number of hydrogen-bond donors (Lipinski definition) is 1. The molecule has 3 atom stereocenters. The van der Waals surface area contributed by atoms with Gasteiger partial charge in [-0.3, -0.25) is 4.79 Å². The molecule has 1 aliphatic heterocycles. The van der Waals surface area contributed by atoms with Gasteiger partial charge in [-0.1, -0.05) is 42.5 Å². The second-order valence-electron chi connectivity index (χ2n) is 5.80. The molecule has 0 fully saturated rings. The molecule has 1 aliphatic rings. The van der Waals surface area contributed by atoms with Gasteiger partial charge in [0.25, 0.3) is 0 Å². The smallest absolute Gasteiger partial charge is 0.233 e. The number of benzene rings is 2. The summed E-state index contributed by atoms with van der Waals surface area (Å²) in [4.78, 5) is 12.5. The molecule has 0 aromatic heterocycles. The molecule has 0 aliphatic carbocycles. The number of ether oxygens (including phenoxy) is 2. The van der Waals surface area contributed by atoms with Crippen LogP contribution in [-0.4, -0.2) is 19.1 Å². The number of hydrogen-bond acceptors (Lipinski definition) is 3. The predicted octanol–water partition coefficient (Wildman–Crippen LogP) is 3.97. The van der Waals surface area contributed by atoms with Gasteiger partial charge in [0.05, 0.1) is 19.1 Å². The second kappa shape index (κ2) is 7.32. The average Bonchev–Trinajstić information content (AvgIpc) is 2.63. The Bertz CT molecular complexity index is 709. The van der Waals surface area contributed by atoms with E-state index in [2.05, 4.69) is 5.32 Å². The lowest BCUT2D eigenvalue weighted by Gasteiger charge is -2.29. The number of rotatable bonds is 4. The van der Waals surface area contributed by atoms with Crippen molar-refractivity contribution in [3.63, 3.8) is 0 Å². The third-order valence-corrected chi connectivity index (χ3v) is 4.15. The number of carbonyl (C=O) groups excluding carboxylic acids is 1. The van der Waals surface area contributed by atoms with Gasteiger partial charge in [0.2, 0.25) is 5.91 Å². The van der Waals surface area contributed by atoms with Gasteiger partial charge in [0.15, 0.2) is 0 Å². The molecule has 2 aromatic rings. The van der Waals surface area contributed by atoms with E-state index in [0.717, 1.165) is 17.0 Å². The lowest BCUT2D eigenvalue weighted by Crippen LogP contribution is -2.34. The maximum atomic E-state index is 12.5. The summed E-state index contributed by atoms with van der Waals surface area (Å²) in [5, 5.41) is 2.92. The SMILES string of the molecule is COc1ccc(NC(=O)[C@H]2C=C[C@H](c3ccccc3)O[C@H]2C)cc1. The van der Waals surface area contributed by atoms with Gasteiger partial charge in [-0.2, -0.15) is 0 Å². The summed E-state index contributed by atoms with van der Waals surface area (Å²) in [6.07, 6.45) is 3.59. The Kier molecular flexibility index (Phi) is 4.96. The van der Waals surface area contributed by atoms with Gasteiger partial charge in [0.1, 0.15) is 11.9 Å². The predicted molar refractivity (Wildman–Crippen MR) is 94.0 cm³/mol. The first-order valence-corrected chi connectivity index (χ1v) is 8.01. The van der Waals surface area contributed by atoms with Crippen LogP contribution >= 0.6 is 0 Å². The summed E-state index contributed by atoms with van der Waals surface area (Å²) >= 11 is 0. The van der Waals surface area contributed by atoms with Crippen molar-refractivity contribution in [3.05, 3.63) is 72.3 Å². The number of anilines is 1. The van der Waals surface area contributed by atoms with Crippen molar-refractivity contribution in [2.45, 2.75) is 19.1 Å². The molecule has 0 saturated heterocycles. The molecule has 1 amide bonds. The number of methoxy groups -OCH3 is 1. The van der Waals surface area contributed by atoms with Crippen molar-refractivity contribution in [2.24, 2.45) is 5.92 Å². The molecular formula is C20H21NO3. The van der Waals surface area contributed by atoms with Crippen molar-refractivity contribution in [1.82, 2.24) is 0 Å². The third-order valence-electron chi connectivity index (χ3n) is 4.15. The molecule has 1 N–H and O–H groups in total. The third kappa shape index (κ3) is 3.66. The van der Waals surface area contributed by atoms with Crippen molar-refractivity contribution in [1.29, 1.82) is 0 Å². The summed E-state index contributed by atoms with van der Waals surface area (Å²) in [6.45, 7) is 1.93. The van der Waals surface area contributed by atoms with Gasteiger partial charge < -0.3 is 14.8 Å². The van der Waals surface area contributed by atoms with Crippen LogP contribution in [0.1, 0.15) is 18.6 Å². The van der Waals surface area contributed by atoms with Crippen LogP contribution in [0.5, 0.6) is 5.75 Å². The Hall–Kier alpha value is -2.59. The van der Waals surface area contributed by atoms with E-state index in [0.29, 0.717) is 0 Å². The van der Waals surface area contributed by atoms with E-state index in [9.17, 15) is 4.79 Å². The van der Waals surface area contributed by atoms with Crippen molar-refractivity contribution in [2.75, 3.05) is 12.4 Å². The fourth-order valence-corrected chi connectivity index (χ4v) is 2.77. The van der Waals surface area contributed by atoms with Gasteiger partial charge in [-0.15, -0.1) is 0 Å². The molecule has 0 radical (unpaired) electrons. The van der Waals surface area contributed by atoms with Crippen LogP contribution in [-0.2, 0) is 9.53 Å². The molecule has 0 saturated carbocycles. The zero-order valence-corrected chi connectivity index (χ0v) is 13.8. The van der Waals surface area contributed by atoms with Crippen LogP contribution in [0.4, 0.5) is 5.69 Å². The van der Waals surface area contributed by atoms with Gasteiger partial charge in [-0.25, -0.2) is 0 Å². The molecule has 1 heterocycles. The van der Waals surface area contributed by atoms with Crippen LogP contribution in [0.25, 0.3) is 0 Å². The summed E-state index contributed by atoms with van der Waals surface area (Å²) in [5.74, 6) is 0.371. The maximum absolute atomic E-state index is 12.5. The molecule has 0 bridgehead atoms. The molecule has 3 rings (SSSR count). The number of nitrogens with one attached hydrogen (secondary N) is 1. The number of amides is 1. The minimum atomic E-state index is -0.313. The molecular weight excluding hydrogens is 302 g/mol. The molecule has 0 unspecified atom stereocenters. The van der Waals surface area contributed by atoms with Crippen molar-refractivity contribution < 1.29 is 14.3 Å². The Morgan fingerprint density at radius 3 is 2.38 bits per heavy atom. The highest BCUT2D eigenvalue weighted by molar-refractivity contribution is 5.94. The van der Waals surface area contributed by atoms with Crippen LogP contribution in [0.15, 0.2) is 66.7 Å². The number of carbonyl (C=O) groups is 1. The lowest BCUT2D eigenvalue weighted by molar-refractivity contribution is -0.124. The minimum Gasteiger partial charge on any atom is -0.497 e. The average molecular weight is 323 g/mol. The minimum absolute atomic E-state index is 0.0737. The first-order chi connectivity index (χ1) is 11.7. The van der Waals surface area contributed by atoms with Gasteiger partial charge in [0, 0.05) is 5.69 Å². The second-order valence-corrected chi connectivity index (χ2v) is 5.80. The van der Waals surface area contributed by atoms with E-state index >= 15 is 0 Å². The molecule has 4 nitrogen and oxygen atoms in total. The monoisotopic (exact) mass is 323 g/mol. The van der Waals surface area contributed by atoms with E-state index in [4.69, 9.17) is 9.47 Å². The van der Waals surface area contributed by atoms with E-state index in [-0.39, 0.29) is 24.0 Å². The summed E-state index contributed by atoms with van der Waals surface area (Å²) in [7, 11) is 1.61. The normalized spacial score (nSPS) is 22.8. The molecule has 0 spiro atoms. The van der Waals surface area contributed by atoms with Gasteiger partial charge in [-0.05, 0) is 36.8 Å². The molecule has 2 aromatic carbocycles. The topological polar surface area (TPSA) is 47.6 Å². The largest absolute Gasteiger partial charge is 0.497 e. The zero-order chi connectivity index (χ0) is 16.9.